The van der Waals surface area contributed by atoms with E-state index in [1.165, 1.54) is 4.90 Å². The Kier molecular flexibility index (Phi) is 7.15. The van der Waals surface area contributed by atoms with Gasteiger partial charge >= 0.3 is 12.1 Å². The summed E-state index contributed by atoms with van der Waals surface area (Å²) in [6, 6.07) is 16.3. The van der Waals surface area contributed by atoms with Crippen molar-refractivity contribution in [3.8, 4) is 11.1 Å². The molecule has 1 fully saturated rings. The molecule has 0 spiro atoms. The van der Waals surface area contributed by atoms with Gasteiger partial charge in [-0.15, -0.1) is 0 Å². The van der Waals surface area contributed by atoms with Gasteiger partial charge < -0.3 is 20.1 Å². The third-order valence-electron chi connectivity index (χ3n) is 6.99. The normalized spacial score (nSPS) is 16.2. The van der Waals surface area contributed by atoms with Crippen molar-refractivity contribution in [3.05, 3.63) is 59.7 Å². The van der Waals surface area contributed by atoms with Gasteiger partial charge in [0.25, 0.3) is 0 Å². The van der Waals surface area contributed by atoms with E-state index in [0.29, 0.717) is 6.54 Å². The number of aliphatic carboxylic acids is 1. The van der Waals surface area contributed by atoms with E-state index < -0.39 is 17.6 Å². The summed E-state index contributed by atoms with van der Waals surface area (Å²) < 4.78 is 5.72. The van der Waals surface area contributed by atoms with Gasteiger partial charge in [0.05, 0.1) is 12.0 Å². The highest BCUT2D eigenvalue weighted by molar-refractivity contribution is 5.83. The van der Waals surface area contributed by atoms with Crippen molar-refractivity contribution >= 4 is 18.0 Å². The monoisotopic (exact) mass is 478 g/mol. The van der Waals surface area contributed by atoms with Gasteiger partial charge in [-0.05, 0) is 53.9 Å². The fourth-order valence-electron chi connectivity index (χ4n) is 5.16. The highest BCUT2D eigenvalue weighted by atomic mass is 16.5. The summed E-state index contributed by atoms with van der Waals surface area (Å²) in [4.78, 5) is 38.6. The number of nitrogens with one attached hydrogen (secondary N) is 1. The molecule has 2 aliphatic carbocycles. The number of amides is 2. The fraction of sp³-hybridized carbons (Fsp3) is 0.464. The molecule has 0 aromatic heterocycles. The van der Waals surface area contributed by atoms with Crippen LogP contribution in [-0.4, -0.2) is 53.2 Å². The lowest BCUT2D eigenvalue weighted by atomic mass is 9.91. The summed E-state index contributed by atoms with van der Waals surface area (Å²) >= 11 is 0. The van der Waals surface area contributed by atoms with Gasteiger partial charge in [-0.3, -0.25) is 9.59 Å². The van der Waals surface area contributed by atoms with E-state index in [1.54, 1.807) is 0 Å². The molecule has 7 nitrogen and oxygen atoms in total. The summed E-state index contributed by atoms with van der Waals surface area (Å²) in [7, 11) is 0. The standard InChI is InChI=1S/C28H34N2O5/c1-18(2)15-30(16-26(32)33)25(31)14-28(3,19-12-13-19)29-27(34)35-17-24-22-10-6-4-8-20(22)21-9-5-7-11-23(21)24/h4-11,18-19,24H,12-17H2,1-3H3,(H,29,34)(H,32,33). The predicted octanol–water partition coefficient (Wildman–Crippen LogP) is 4.65. The maximum Gasteiger partial charge on any atom is 0.407 e. The molecule has 2 N–H and O–H groups in total. The molecular formula is C28H34N2O5. The highest BCUT2D eigenvalue weighted by Crippen LogP contribution is 2.45. The van der Waals surface area contributed by atoms with E-state index in [0.717, 1.165) is 35.1 Å². The van der Waals surface area contributed by atoms with Crippen molar-refractivity contribution in [3.63, 3.8) is 0 Å². The van der Waals surface area contributed by atoms with Crippen LogP contribution in [0.3, 0.4) is 0 Å². The number of hydrogen-bond acceptors (Lipinski definition) is 4. The van der Waals surface area contributed by atoms with Gasteiger partial charge in [0.2, 0.25) is 5.91 Å². The van der Waals surface area contributed by atoms with Crippen LogP contribution in [0.5, 0.6) is 0 Å². The van der Waals surface area contributed by atoms with E-state index in [9.17, 15) is 19.5 Å². The number of alkyl carbamates (subject to hydrolysis) is 1. The molecule has 0 bridgehead atoms. The minimum atomic E-state index is -1.04. The maximum atomic E-state index is 13.1. The Bertz CT molecular complexity index is 1060. The number of nitrogens with zero attached hydrogens (tertiary/aromatic N) is 1. The van der Waals surface area contributed by atoms with E-state index in [-0.39, 0.29) is 43.2 Å². The number of carbonyl (C=O) groups is 3. The number of carbonyl (C=O) groups excluding carboxylic acids is 2. The number of carboxylic acid groups (broad SMARTS) is 1. The van der Waals surface area contributed by atoms with Crippen LogP contribution in [0.2, 0.25) is 0 Å². The van der Waals surface area contributed by atoms with Gasteiger partial charge in [0.1, 0.15) is 13.2 Å². The minimum absolute atomic E-state index is 0.0425. The van der Waals surface area contributed by atoms with Crippen LogP contribution >= 0.6 is 0 Å². The molecule has 2 aromatic rings. The molecule has 4 rings (SSSR count). The quantitative estimate of drug-likeness (QED) is 0.518. The molecule has 0 heterocycles. The third kappa shape index (κ3) is 5.66. The molecule has 0 aliphatic heterocycles. The Hall–Kier alpha value is -3.35. The Labute approximate surface area is 206 Å². The predicted molar refractivity (Wildman–Crippen MR) is 133 cm³/mol. The smallest absolute Gasteiger partial charge is 0.407 e. The van der Waals surface area contributed by atoms with Crippen molar-refractivity contribution in [2.24, 2.45) is 11.8 Å². The summed E-state index contributed by atoms with van der Waals surface area (Å²) in [6.07, 6.45) is 1.32. The Morgan fingerprint density at radius 1 is 1.06 bits per heavy atom. The summed E-state index contributed by atoms with van der Waals surface area (Å²) in [5, 5.41) is 12.2. The van der Waals surface area contributed by atoms with Crippen molar-refractivity contribution in [1.82, 2.24) is 10.2 Å². The topological polar surface area (TPSA) is 95.9 Å². The van der Waals surface area contributed by atoms with Crippen LogP contribution < -0.4 is 5.32 Å². The van der Waals surface area contributed by atoms with Crippen molar-refractivity contribution in [2.45, 2.75) is 51.5 Å². The first kappa shape index (κ1) is 24.8. The lowest BCUT2D eigenvalue weighted by Crippen LogP contribution is -2.52. The summed E-state index contributed by atoms with van der Waals surface area (Å²) in [5.41, 5.74) is 3.82. The molecule has 186 valence electrons. The minimum Gasteiger partial charge on any atom is -0.480 e. The van der Waals surface area contributed by atoms with Gasteiger partial charge in [0, 0.05) is 12.5 Å². The lowest BCUT2D eigenvalue weighted by Gasteiger charge is -2.33. The molecule has 7 heteroatoms. The molecule has 1 atom stereocenters. The first-order valence-electron chi connectivity index (χ1n) is 12.3. The van der Waals surface area contributed by atoms with Crippen LogP contribution in [0.4, 0.5) is 4.79 Å². The number of ether oxygens (including phenoxy) is 1. The fourth-order valence-corrected chi connectivity index (χ4v) is 5.16. The van der Waals surface area contributed by atoms with Crippen LogP contribution in [0.1, 0.15) is 57.1 Å². The van der Waals surface area contributed by atoms with Crippen LogP contribution in [-0.2, 0) is 14.3 Å². The van der Waals surface area contributed by atoms with Crippen LogP contribution in [0.15, 0.2) is 48.5 Å². The average Bonchev–Trinajstić information content (AvgIpc) is 3.61. The molecule has 2 amide bonds. The molecule has 0 radical (unpaired) electrons. The van der Waals surface area contributed by atoms with Crippen molar-refractivity contribution in [2.75, 3.05) is 19.7 Å². The number of rotatable bonds is 10. The Balaban J connectivity index is 1.42. The zero-order chi connectivity index (χ0) is 25.2. The average molecular weight is 479 g/mol. The van der Waals surface area contributed by atoms with Crippen molar-refractivity contribution < 1.29 is 24.2 Å². The van der Waals surface area contributed by atoms with Crippen LogP contribution in [0.25, 0.3) is 11.1 Å². The van der Waals surface area contributed by atoms with Gasteiger partial charge in [-0.1, -0.05) is 62.4 Å². The first-order valence-corrected chi connectivity index (χ1v) is 12.3. The highest BCUT2D eigenvalue weighted by Gasteiger charge is 2.45. The lowest BCUT2D eigenvalue weighted by molar-refractivity contribution is -0.145. The SMILES string of the molecule is CC(C)CN(CC(=O)O)C(=O)CC(C)(NC(=O)OCC1c2ccccc2-c2ccccc21)C1CC1. The number of hydrogen-bond donors (Lipinski definition) is 2. The van der Waals surface area contributed by atoms with Gasteiger partial charge in [-0.2, -0.15) is 0 Å². The molecule has 1 unspecified atom stereocenters. The molecule has 35 heavy (non-hydrogen) atoms. The second kappa shape index (κ2) is 10.1. The summed E-state index contributed by atoms with van der Waals surface area (Å²) in [5.74, 6) is -1.05. The Morgan fingerprint density at radius 3 is 2.14 bits per heavy atom. The Morgan fingerprint density at radius 2 is 1.63 bits per heavy atom. The maximum absolute atomic E-state index is 13.1. The number of carboxylic acids is 1. The molecule has 2 aromatic carbocycles. The van der Waals surface area contributed by atoms with Gasteiger partial charge in [-0.25, -0.2) is 4.79 Å². The van der Waals surface area contributed by atoms with E-state index in [4.69, 9.17) is 4.74 Å². The first-order chi connectivity index (χ1) is 16.7. The molecule has 0 saturated heterocycles. The van der Waals surface area contributed by atoms with Gasteiger partial charge in [0.15, 0.2) is 0 Å². The largest absolute Gasteiger partial charge is 0.480 e. The molecule has 1 saturated carbocycles. The van der Waals surface area contributed by atoms with E-state index in [2.05, 4.69) is 29.6 Å². The van der Waals surface area contributed by atoms with Crippen LogP contribution in [0, 0.1) is 11.8 Å². The zero-order valence-corrected chi connectivity index (χ0v) is 20.6. The number of fused-ring (bicyclic) bond motifs is 3. The van der Waals surface area contributed by atoms with Crippen molar-refractivity contribution in [1.29, 1.82) is 0 Å². The zero-order valence-electron chi connectivity index (χ0n) is 20.6. The molecular weight excluding hydrogens is 444 g/mol. The number of benzene rings is 2. The van der Waals surface area contributed by atoms with E-state index in [1.807, 2.05) is 45.0 Å². The second-order valence-electron chi connectivity index (χ2n) is 10.4. The molecule has 2 aliphatic rings. The second-order valence-corrected chi connectivity index (χ2v) is 10.4. The summed E-state index contributed by atoms with van der Waals surface area (Å²) in [6.45, 7) is 5.96. The third-order valence-corrected chi connectivity index (χ3v) is 6.99. The van der Waals surface area contributed by atoms with E-state index >= 15 is 0 Å².